The number of aliphatic carboxylic acids is 1. The summed E-state index contributed by atoms with van der Waals surface area (Å²) >= 11 is 1.32. The van der Waals surface area contributed by atoms with Crippen molar-refractivity contribution in [1.29, 1.82) is 0 Å². The number of thioether (sulfide) groups is 1. The number of ether oxygens (including phenoxy) is 1. The normalized spacial score (nSPS) is 16.9. The summed E-state index contributed by atoms with van der Waals surface area (Å²) < 4.78 is 5.90. The number of carboxylic acids is 1. The van der Waals surface area contributed by atoms with Crippen molar-refractivity contribution in [3.05, 3.63) is 18.2 Å². The molecule has 1 heterocycles. The molecule has 0 saturated heterocycles. The molecular weight excluding hydrogens is 250 g/mol. The molecule has 0 bridgehead atoms. The molecule has 18 heavy (non-hydrogen) atoms. The number of nitrogens with zero attached hydrogens (tertiary/aromatic N) is 1. The maximum absolute atomic E-state index is 10.6. The van der Waals surface area contributed by atoms with Crippen LogP contribution in [-0.2, 0) is 4.79 Å². The zero-order valence-electron chi connectivity index (χ0n) is 10.8. The summed E-state index contributed by atoms with van der Waals surface area (Å²) in [6.45, 7) is 4.92. The van der Waals surface area contributed by atoms with Gasteiger partial charge in [-0.05, 0) is 32.0 Å². The highest BCUT2D eigenvalue weighted by atomic mass is 32.2. The first-order valence-electron chi connectivity index (χ1n) is 5.76. The number of carbonyl (C=O) groups is 1. The van der Waals surface area contributed by atoms with E-state index in [4.69, 9.17) is 9.84 Å². The zero-order chi connectivity index (χ0) is 13.3. The third-order valence-corrected chi connectivity index (χ3v) is 3.69. The third kappa shape index (κ3) is 2.90. The summed E-state index contributed by atoms with van der Waals surface area (Å²) in [7, 11) is 2.02. The predicted molar refractivity (Wildman–Crippen MR) is 72.8 cm³/mol. The molecule has 0 saturated carbocycles. The van der Waals surface area contributed by atoms with Crippen LogP contribution in [0.25, 0.3) is 0 Å². The van der Waals surface area contributed by atoms with Gasteiger partial charge in [-0.2, -0.15) is 0 Å². The Morgan fingerprint density at radius 3 is 2.94 bits per heavy atom. The van der Waals surface area contributed by atoms with E-state index >= 15 is 0 Å². The van der Waals surface area contributed by atoms with Gasteiger partial charge in [0.15, 0.2) is 0 Å². The number of likely N-dealkylation sites (N-methyl/N-ethyl adjacent to an activating group) is 1. The van der Waals surface area contributed by atoms with Gasteiger partial charge in [0, 0.05) is 11.9 Å². The molecule has 1 aliphatic heterocycles. The first-order valence-corrected chi connectivity index (χ1v) is 6.75. The Hall–Kier alpha value is -1.36. The van der Waals surface area contributed by atoms with Gasteiger partial charge < -0.3 is 14.7 Å². The van der Waals surface area contributed by atoms with Crippen molar-refractivity contribution in [1.82, 2.24) is 0 Å². The van der Waals surface area contributed by atoms with Crippen LogP contribution in [0.3, 0.4) is 0 Å². The first kappa shape index (κ1) is 13.1. The van der Waals surface area contributed by atoms with Gasteiger partial charge in [-0.1, -0.05) is 0 Å². The minimum atomic E-state index is -0.802. The van der Waals surface area contributed by atoms with E-state index in [1.54, 1.807) is 0 Å². The van der Waals surface area contributed by atoms with Crippen molar-refractivity contribution in [2.75, 3.05) is 24.2 Å². The number of hydrogen-bond donors (Lipinski definition) is 1. The van der Waals surface area contributed by atoms with Gasteiger partial charge in [0.25, 0.3) is 0 Å². The van der Waals surface area contributed by atoms with Gasteiger partial charge >= 0.3 is 5.97 Å². The van der Waals surface area contributed by atoms with Crippen molar-refractivity contribution in [3.8, 4) is 5.75 Å². The lowest BCUT2D eigenvalue weighted by molar-refractivity contribution is -0.133. The molecule has 2 rings (SSSR count). The van der Waals surface area contributed by atoms with Crippen LogP contribution in [0.1, 0.15) is 13.8 Å². The summed E-state index contributed by atoms with van der Waals surface area (Å²) in [5.74, 6) is 0.131. The highest BCUT2D eigenvalue weighted by molar-refractivity contribution is 8.00. The molecular formula is C13H17NO3S. The monoisotopic (exact) mass is 267 g/mol. The highest BCUT2D eigenvalue weighted by Crippen LogP contribution is 2.38. The number of anilines is 1. The van der Waals surface area contributed by atoms with Crippen LogP contribution in [0, 0.1) is 0 Å². The molecule has 0 radical (unpaired) electrons. The Bertz CT molecular complexity index is 473. The van der Waals surface area contributed by atoms with E-state index in [2.05, 4.69) is 18.7 Å². The number of carboxylic acid groups (broad SMARTS) is 1. The van der Waals surface area contributed by atoms with Gasteiger partial charge in [-0.15, -0.1) is 11.8 Å². The van der Waals surface area contributed by atoms with E-state index in [-0.39, 0.29) is 11.4 Å². The Kier molecular flexibility index (Phi) is 3.43. The van der Waals surface area contributed by atoms with Crippen LogP contribution in [0.5, 0.6) is 5.75 Å². The molecule has 0 aromatic heterocycles. The summed E-state index contributed by atoms with van der Waals surface area (Å²) in [4.78, 5) is 13.6. The van der Waals surface area contributed by atoms with Crippen LogP contribution in [0.4, 0.5) is 5.69 Å². The van der Waals surface area contributed by atoms with Gasteiger partial charge in [-0.3, -0.25) is 4.79 Å². The van der Waals surface area contributed by atoms with Crippen LogP contribution >= 0.6 is 11.8 Å². The fraction of sp³-hybridized carbons (Fsp3) is 0.462. The fourth-order valence-corrected chi connectivity index (χ4v) is 2.75. The van der Waals surface area contributed by atoms with Gasteiger partial charge in [-0.25, -0.2) is 0 Å². The van der Waals surface area contributed by atoms with E-state index in [1.165, 1.54) is 11.8 Å². The lowest BCUT2D eigenvalue weighted by atomic mass is 10.1. The minimum absolute atomic E-state index is 0.0782. The number of hydrogen-bond acceptors (Lipinski definition) is 4. The summed E-state index contributed by atoms with van der Waals surface area (Å²) in [5, 5.41) is 8.68. The molecule has 0 aliphatic carbocycles. The Labute approximate surface area is 111 Å². The number of rotatable bonds is 3. The molecule has 98 valence electrons. The predicted octanol–water partition coefficient (Wildman–Crippen LogP) is 2.47. The summed E-state index contributed by atoms with van der Waals surface area (Å²) in [6.07, 6.45) is 0. The average Bonchev–Trinajstić information content (AvgIpc) is 2.25. The molecule has 0 fully saturated rings. The molecule has 0 amide bonds. The standard InChI is InChI=1S/C13H17NO3S/c1-13(2)8-14(3)10-6-9(18-7-12(15)16)4-5-11(10)17-13/h4-6H,7-8H2,1-3H3,(H,15,16). The SMILES string of the molecule is CN1CC(C)(C)Oc2ccc(SCC(=O)O)cc21. The van der Waals surface area contributed by atoms with Crippen molar-refractivity contribution >= 4 is 23.4 Å². The van der Waals surface area contributed by atoms with Crippen LogP contribution in [-0.4, -0.2) is 36.0 Å². The van der Waals surface area contributed by atoms with E-state index in [9.17, 15) is 4.79 Å². The zero-order valence-corrected chi connectivity index (χ0v) is 11.6. The molecule has 1 aromatic rings. The molecule has 0 spiro atoms. The highest BCUT2D eigenvalue weighted by Gasteiger charge is 2.29. The molecule has 5 heteroatoms. The second kappa shape index (κ2) is 4.72. The molecule has 0 unspecified atom stereocenters. The Morgan fingerprint density at radius 2 is 2.28 bits per heavy atom. The van der Waals surface area contributed by atoms with Crippen LogP contribution in [0.2, 0.25) is 0 Å². The topological polar surface area (TPSA) is 49.8 Å². The molecule has 0 atom stereocenters. The van der Waals surface area contributed by atoms with E-state index < -0.39 is 5.97 Å². The van der Waals surface area contributed by atoms with Crippen LogP contribution in [0.15, 0.2) is 23.1 Å². The van der Waals surface area contributed by atoms with Crippen LogP contribution < -0.4 is 9.64 Å². The fourth-order valence-electron chi connectivity index (χ4n) is 2.10. The van der Waals surface area contributed by atoms with E-state index in [0.717, 1.165) is 22.9 Å². The van der Waals surface area contributed by atoms with Crippen molar-refractivity contribution < 1.29 is 14.6 Å². The maximum atomic E-state index is 10.6. The Morgan fingerprint density at radius 1 is 1.56 bits per heavy atom. The van der Waals surface area contributed by atoms with Crippen molar-refractivity contribution in [2.45, 2.75) is 24.3 Å². The van der Waals surface area contributed by atoms with Gasteiger partial charge in [0.2, 0.25) is 0 Å². The lowest BCUT2D eigenvalue weighted by Crippen LogP contribution is -2.45. The van der Waals surface area contributed by atoms with Crippen molar-refractivity contribution in [3.63, 3.8) is 0 Å². The maximum Gasteiger partial charge on any atom is 0.313 e. The van der Waals surface area contributed by atoms with E-state index in [0.29, 0.717) is 0 Å². The molecule has 4 nitrogen and oxygen atoms in total. The largest absolute Gasteiger partial charge is 0.484 e. The number of fused-ring (bicyclic) bond motifs is 1. The molecule has 1 aliphatic rings. The molecule has 1 N–H and O–H groups in total. The first-order chi connectivity index (χ1) is 8.37. The van der Waals surface area contributed by atoms with Gasteiger partial charge in [0.05, 0.1) is 18.0 Å². The Balaban J connectivity index is 2.22. The summed E-state index contributed by atoms with van der Waals surface area (Å²) in [5.41, 5.74) is 0.821. The second-order valence-corrected chi connectivity index (χ2v) is 6.08. The smallest absolute Gasteiger partial charge is 0.313 e. The van der Waals surface area contributed by atoms with E-state index in [1.807, 2.05) is 25.2 Å². The lowest BCUT2D eigenvalue weighted by Gasteiger charge is -2.39. The summed E-state index contributed by atoms with van der Waals surface area (Å²) in [6, 6.07) is 5.80. The third-order valence-electron chi connectivity index (χ3n) is 2.71. The average molecular weight is 267 g/mol. The second-order valence-electron chi connectivity index (χ2n) is 5.03. The quantitative estimate of drug-likeness (QED) is 0.853. The number of benzene rings is 1. The molecule has 1 aromatic carbocycles. The minimum Gasteiger partial charge on any atom is -0.484 e. The van der Waals surface area contributed by atoms with Gasteiger partial charge in [0.1, 0.15) is 11.4 Å². The van der Waals surface area contributed by atoms with Crippen molar-refractivity contribution in [2.24, 2.45) is 0 Å².